The normalized spacial score (nSPS) is 11.3. The van der Waals surface area contributed by atoms with Crippen LogP contribution < -0.4 is 14.8 Å². The van der Waals surface area contributed by atoms with Gasteiger partial charge >= 0.3 is 0 Å². The van der Waals surface area contributed by atoms with Crippen molar-refractivity contribution in [3.05, 3.63) is 58.1 Å². The lowest BCUT2D eigenvalue weighted by molar-refractivity contribution is -0.385. The third-order valence-corrected chi connectivity index (χ3v) is 5.35. The summed E-state index contributed by atoms with van der Waals surface area (Å²) in [6, 6.07) is 9.80. The van der Waals surface area contributed by atoms with E-state index in [2.05, 4.69) is 10.0 Å². The summed E-state index contributed by atoms with van der Waals surface area (Å²) in [5, 5.41) is 13.5. The molecule has 2 aromatic carbocycles. The van der Waals surface area contributed by atoms with Gasteiger partial charge in [0.25, 0.3) is 11.6 Å². The first-order valence-electron chi connectivity index (χ1n) is 8.39. The lowest BCUT2D eigenvalue weighted by Gasteiger charge is -2.11. The number of sulfonamides is 1. The molecule has 0 radical (unpaired) electrons. The number of carbonyl (C=O) groups is 1. The summed E-state index contributed by atoms with van der Waals surface area (Å²) in [5.74, 6) is -0.184. The molecular weight excluding hydrogens is 386 g/mol. The molecule has 0 fully saturated rings. The van der Waals surface area contributed by atoms with Crippen LogP contribution in [0.15, 0.2) is 47.4 Å². The summed E-state index contributed by atoms with van der Waals surface area (Å²) >= 11 is 0. The topological polar surface area (TPSA) is 128 Å². The van der Waals surface area contributed by atoms with E-state index in [0.717, 1.165) is 0 Å². The molecule has 0 aliphatic heterocycles. The van der Waals surface area contributed by atoms with E-state index in [-0.39, 0.29) is 23.2 Å². The van der Waals surface area contributed by atoms with E-state index in [4.69, 9.17) is 4.74 Å². The summed E-state index contributed by atoms with van der Waals surface area (Å²) in [5.41, 5.74) is 0.572. The largest absolute Gasteiger partial charge is 0.484 e. The van der Waals surface area contributed by atoms with Crippen LogP contribution in [0.5, 0.6) is 5.75 Å². The minimum absolute atomic E-state index is 0.0882. The number of benzene rings is 2. The highest BCUT2D eigenvalue weighted by atomic mass is 32.2. The number of carbonyl (C=O) groups excluding carboxylic acids is 1. The number of nitro benzene ring substituents is 1. The van der Waals surface area contributed by atoms with Crippen LogP contribution in [0.2, 0.25) is 0 Å². The number of ether oxygens (including phenoxy) is 1. The smallest absolute Gasteiger partial charge is 0.274 e. The minimum atomic E-state index is -3.60. The van der Waals surface area contributed by atoms with Gasteiger partial charge in [-0.1, -0.05) is 6.07 Å². The molecule has 0 saturated carbocycles. The van der Waals surface area contributed by atoms with E-state index < -0.39 is 20.9 Å². The van der Waals surface area contributed by atoms with Gasteiger partial charge in [-0.15, -0.1) is 0 Å². The average Bonchev–Trinajstić information content (AvgIpc) is 2.61. The van der Waals surface area contributed by atoms with E-state index >= 15 is 0 Å². The maximum Gasteiger partial charge on any atom is 0.274 e. The Hall–Kier alpha value is -2.98. The van der Waals surface area contributed by atoms with Gasteiger partial charge in [0.05, 0.1) is 21.1 Å². The number of nitrogens with zero attached hydrogens (tertiary/aromatic N) is 1. The molecule has 0 unspecified atom stereocenters. The van der Waals surface area contributed by atoms with Crippen LogP contribution in [0.3, 0.4) is 0 Å². The van der Waals surface area contributed by atoms with Crippen molar-refractivity contribution < 1.29 is 22.9 Å². The molecule has 2 rings (SSSR count). The molecule has 2 aromatic rings. The Morgan fingerprint density at radius 2 is 1.82 bits per heavy atom. The Balaban J connectivity index is 1.98. The van der Waals surface area contributed by atoms with Crippen LogP contribution in [-0.2, 0) is 14.8 Å². The summed E-state index contributed by atoms with van der Waals surface area (Å²) in [7, 11) is -3.60. The number of hydrogen-bond donors (Lipinski definition) is 2. The molecular formula is C18H21N3O6S. The molecule has 9 nitrogen and oxygen atoms in total. The van der Waals surface area contributed by atoms with E-state index in [9.17, 15) is 23.3 Å². The second-order valence-electron chi connectivity index (χ2n) is 6.29. The molecule has 150 valence electrons. The van der Waals surface area contributed by atoms with Crippen molar-refractivity contribution >= 4 is 27.3 Å². The van der Waals surface area contributed by atoms with Gasteiger partial charge in [0.15, 0.2) is 6.61 Å². The fraction of sp³-hybridized carbons (Fsp3) is 0.278. The summed E-state index contributed by atoms with van der Waals surface area (Å²) in [4.78, 5) is 22.6. The van der Waals surface area contributed by atoms with Crippen molar-refractivity contribution in [3.8, 4) is 5.75 Å². The first kappa shape index (κ1) is 21.3. The van der Waals surface area contributed by atoms with E-state index in [1.54, 1.807) is 26.8 Å². The maximum absolute atomic E-state index is 12.1. The van der Waals surface area contributed by atoms with Gasteiger partial charge in [0.1, 0.15) is 5.75 Å². The maximum atomic E-state index is 12.1. The molecule has 2 N–H and O–H groups in total. The number of nitro groups is 1. The summed E-state index contributed by atoms with van der Waals surface area (Å²) < 4.78 is 31.9. The zero-order valence-corrected chi connectivity index (χ0v) is 16.4. The molecule has 0 aromatic heterocycles. The standard InChI is InChI=1S/C18H21N3O6S/c1-12(2)20-28(25,26)15-9-7-14(8-10-15)27-11-18(22)19-16-5-4-6-17(13(16)3)21(23)24/h4-10,12,20H,11H2,1-3H3,(H,19,22). The van der Waals surface area contributed by atoms with Crippen molar-refractivity contribution in [3.63, 3.8) is 0 Å². The van der Waals surface area contributed by atoms with Gasteiger partial charge in [0, 0.05) is 12.1 Å². The Bertz CT molecular complexity index is 971. The van der Waals surface area contributed by atoms with Crippen molar-refractivity contribution in [2.24, 2.45) is 0 Å². The van der Waals surface area contributed by atoms with Crippen molar-refractivity contribution in [2.75, 3.05) is 11.9 Å². The fourth-order valence-corrected chi connectivity index (χ4v) is 3.64. The second kappa shape index (κ2) is 8.81. The number of hydrogen-bond acceptors (Lipinski definition) is 6. The van der Waals surface area contributed by atoms with Gasteiger partial charge in [-0.2, -0.15) is 0 Å². The molecule has 10 heteroatoms. The number of rotatable bonds is 8. The van der Waals surface area contributed by atoms with Crippen molar-refractivity contribution in [2.45, 2.75) is 31.7 Å². The highest BCUT2D eigenvalue weighted by molar-refractivity contribution is 7.89. The van der Waals surface area contributed by atoms with Crippen LogP contribution in [0.1, 0.15) is 19.4 Å². The molecule has 28 heavy (non-hydrogen) atoms. The molecule has 0 spiro atoms. The van der Waals surface area contributed by atoms with Gasteiger partial charge in [-0.3, -0.25) is 14.9 Å². The third kappa shape index (κ3) is 5.51. The Labute approximate surface area is 162 Å². The molecule has 0 bridgehead atoms. The summed E-state index contributed by atoms with van der Waals surface area (Å²) in [6.07, 6.45) is 0. The predicted molar refractivity (Wildman–Crippen MR) is 104 cm³/mol. The molecule has 0 heterocycles. The highest BCUT2D eigenvalue weighted by Crippen LogP contribution is 2.25. The zero-order chi connectivity index (χ0) is 20.9. The minimum Gasteiger partial charge on any atom is -0.484 e. The number of nitrogens with one attached hydrogen (secondary N) is 2. The lowest BCUT2D eigenvalue weighted by atomic mass is 10.1. The van der Waals surface area contributed by atoms with E-state index in [1.807, 2.05) is 0 Å². The first-order valence-corrected chi connectivity index (χ1v) is 9.87. The Morgan fingerprint density at radius 1 is 1.18 bits per heavy atom. The molecule has 0 saturated heterocycles. The van der Waals surface area contributed by atoms with Gasteiger partial charge in [-0.05, 0) is 51.1 Å². The van der Waals surface area contributed by atoms with Crippen molar-refractivity contribution in [1.82, 2.24) is 4.72 Å². The van der Waals surface area contributed by atoms with Crippen LogP contribution in [0.4, 0.5) is 11.4 Å². The third-order valence-electron chi connectivity index (χ3n) is 3.67. The van der Waals surface area contributed by atoms with Crippen LogP contribution in [-0.4, -0.2) is 31.9 Å². The Morgan fingerprint density at radius 3 is 2.39 bits per heavy atom. The Kier molecular flexibility index (Phi) is 6.71. The average molecular weight is 407 g/mol. The highest BCUT2D eigenvalue weighted by Gasteiger charge is 2.16. The number of amides is 1. The second-order valence-corrected chi connectivity index (χ2v) is 8.01. The quantitative estimate of drug-likeness (QED) is 0.511. The van der Waals surface area contributed by atoms with Crippen LogP contribution in [0, 0.1) is 17.0 Å². The first-order chi connectivity index (χ1) is 13.1. The molecule has 1 amide bonds. The lowest BCUT2D eigenvalue weighted by Crippen LogP contribution is -2.30. The number of anilines is 1. The fourth-order valence-electron chi connectivity index (χ4n) is 2.39. The summed E-state index contributed by atoms with van der Waals surface area (Å²) in [6.45, 7) is 4.64. The van der Waals surface area contributed by atoms with Crippen molar-refractivity contribution in [1.29, 1.82) is 0 Å². The predicted octanol–water partition coefficient (Wildman–Crippen LogP) is 2.61. The van der Waals surface area contributed by atoms with Crippen LogP contribution in [0.25, 0.3) is 0 Å². The van der Waals surface area contributed by atoms with Crippen LogP contribution >= 0.6 is 0 Å². The zero-order valence-electron chi connectivity index (χ0n) is 15.6. The SMILES string of the molecule is Cc1c(NC(=O)COc2ccc(S(=O)(=O)NC(C)C)cc2)cccc1[N+](=O)[O-]. The molecule has 0 atom stereocenters. The van der Waals surface area contributed by atoms with E-state index in [0.29, 0.717) is 17.0 Å². The molecule has 0 aliphatic carbocycles. The van der Waals surface area contributed by atoms with Gasteiger partial charge in [-0.25, -0.2) is 13.1 Å². The monoisotopic (exact) mass is 407 g/mol. The van der Waals surface area contributed by atoms with E-state index in [1.165, 1.54) is 36.4 Å². The molecule has 0 aliphatic rings. The van der Waals surface area contributed by atoms with Gasteiger partial charge < -0.3 is 10.1 Å². The van der Waals surface area contributed by atoms with Gasteiger partial charge in [0.2, 0.25) is 10.0 Å².